The van der Waals surface area contributed by atoms with Crippen LogP contribution in [0.25, 0.3) is 0 Å². The van der Waals surface area contributed by atoms with Gasteiger partial charge < -0.3 is 14.2 Å². The van der Waals surface area contributed by atoms with E-state index in [1.807, 2.05) is 19.1 Å². The third kappa shape index (κ3) is 6.65. The maximum absolute atomic E-state index is 13.0. The fraction of sp³-hybridized carbons (Fsp3) is 0.481. The monoisotopic (exact) mass is 469 g/mol. The van der Waals surface area contributed by atoms with Crippen LogP contribution in [0, 0.1) is 18.8 Å². The van der Waals surface area contributed by atoms with Crippen molar-refractivity contribution in [1.29, 1.82) is 0 Å². The summed E-state index contributed by atoms with van der Waals surface area (Å²) < 4.78 is 16.2. The van der Waals surface area contributed by atoms with Crippen molar-refractivity contribution in [3.05, 3.63) is 53.3 Å². The van der Waals surface area contributed by atoms with Gasteiger partial charge in [0.05, 0.1) is 13.0 Å². The van der Waals surface area contributed by atoms with Gasteiger partial charge in [-0.05, 0) is 30.9 Å². The summed E-state index contributed by atoms with van der Waals surface area (Å²) in [5.41, 5.74) is 2.26. The first-order valence-electron chi connectivity index (χ1n) is 11.6. The molecule has 0 N–H and O–H groups in total. The number of rotatable bonds is 11. The van der Waals surface area contributed by atoms with Gasteiger partial charge in [-0.3, -0.25) is 14.4 Å². The van der Waals surface area contributed by atoms with E-state index in [2.05, 4.69) is 37.9 Å². The number of aryl methyl sites for hydroxylation is 1. The summed E-state index contributed by atoms with van der Waals surface area (Å²) in [4.78, 5) is 41.5. The zero-order valence-corrected chi connectivity index (χ0v) is 21.1. The average molecular weight is 470 g/mol. The molecule has 0 saturated heterocycles. The van der Waals surface area contributed by atoms with Crippen molar-refractivity contribution in [2.24, 2.45) is 11.8 Å². The lowest BCUT2D eigenvalue weighted by Crippen LogP contribution is -2.30. The molecule has 0 fully saturated rings. The van der Waals surface area contributed by atoms with Crippen molar-refractivity contribution < 1.29 is 28.6 Å². The number of hydrogen-bond acceptors (Lipinski definition) is 7. The molecule has 34 heavy (non-hydrogen) atoms. The quantitative estimate of drug-likeness (QED) is 0.326. The number of aromatic nitrogens is 1. The van der Waals surface area contributed by atoms with Gasteiger partial charge in [-0.1, -0.05) is 51.5 Å². The number of Topliss-reactive ketones (excluding diaryl/α,β-unsaturated/α-hetero) is 1. The summed E-state index contributed by atoms with van der Waals surface area (Å²) in [7, 11) is 1.40. The molecule has 0 spiro atoms. The first kappa shape index (κ1) is 27.0. The summed E-state index contributed by atoms with van der Waals surface area (Å²) in [5.74, 6) is -1.71. The lowest BCUT2D eigenvalue weighted by Gasteiger charge is -2.31. The molecule has 0 bridgehead atoms. The van der Waals surface area contributed by atoms with Gasteiger partial charge >= 0.3 is 11.9 Å². The Morgan fingerprint density at radius 2 is 1.74 bits per heavy atom. The van der Waals surface area contributed by atoms with E-state index in [0.717, 1.165) is 17.5 Å². The average Bonchev–Trinajstić information content (AvgIpc) is 2.79. The second-order valence-electron chi connectivity index (χ2n) is 8.72. The Labute approximate surface area is 201 Å². The van der Waals surface area contributed by atoms with Crippen LogP contribution in [0.4, 0.5) is 0 Å². The maximum atomic E-state index is 13.0. The minimum Gasteiger partial charge on any atom is -0.493 e. The van der Waals surface area contributed by atoms with Crippen LogP contribution in [0.5, 0.6) is 11.5 Å². The Morgan fingerprint density at radius 3 is 2.32 bits per heavy atom. The van der Waals surface area contributed by atoms with Gasteiger partial charge in [-0.25, -0.2) is 4.98 Å². The van der Waals surface area contributed by atoms with Crippen LogP contribution in [0.1, 0.15) is 75.0 Å². The molecule has 1 unspecified atom stereocenters. The molecule has 7 nitrogen and oxygen atoms in total. The molecule has 2 rings (SSSR count). The van der Waals surface area contributed by atoms with E-state index >= 15 is 0 Å². The molecule has 4 atom stereocenters. The van der Waals surface area contributed by atoms with E-state index in [1.54, 1.807) is 6.92 Å². The van der Waals surface area contributed by atoms with Gasteiger partial charge in [0.1, 0.15) is 6.10 Å². The zero-order chi connectivity index (χ0) is 25.4. The van der Waals surface area contributed by atoms with Crippen LogP contribution < -0.4 is 9.47 Å². The highest BCUT2D eigenvalue weighted by Gasteiger charge is 2.31. The smallest absolute Gasteiger partial charge is 0.309 e. The van der Waals surface area contributed by atoms with Crippen LogP contribution in [-0.2, 0) is 14.3 Å². The first-order valence-corrected chi connectivity index (χ1v) is 11.6. The number of esters is 2. The number of pyridine rings is 1. The topological polar surface area (TPSA) is 91.8 Å². The van der Waals surface area contributed by atoms with Crippen molar-refractivity contribution in [3.63, 3.8) is 0 Å². The fourth-order valence-corrected chi connectivity index (χ4v) is 4.10. The number of ether oxygens (including phenoxy) is 3. The molecule has 184 valence electrons. The molecule has 0 aliphatic heterocycles. The molecule has 0 aliphatic carbocycles. The summed E-state index contributed by atoms with van der Waals surface area (Å²) in [6.07, 6.45) is 1.82. The molecule has 0 radical (unpaired) electrons. The van der Waals surface area contributed by atoms with Crippen LogP contribution in [-0.4, -0.2) is 35.9 Å². The van der Waals surface area contributed by atoms with Crippen LogP contribution in [0.15, 0.2) is 36.5 Å². The second kappa shape index (κ2) is 12.3. The van der Waals surface area contributed by atoms with E-state index in [1.165, 1.54) is 26.3 Å². The molecular weight excluding hydrogens is 434 g/mol. The molecule has 7 heteroatoms. The second-order valence-corrected chi connectivity index (χ2v) is 8.72. The SMILES string of the molecule is CCC(C)[C@@H](c1ccccc1C)[C@H](C)OC(=O)[C@H](C)CC(=O)c1nccc(OC)c1OC(C)=O. The van der Waals surface area contributed by atoms with E-state index in [0.29, 0.717) is 5.92 Å². The summed E-state index contributed by atoms with van der Waals surface area (Å²) >= 11 is 0. The molecule has 2 aromatic rings. The standard InChI is InChI=1S/C27H35NO6/c1-8-16(2)24(21-12-10-9-11-17(21)3)19(5)33-27(31)18(4)15-22(30)25-26(34-20(6)29)23(32-7)13-14-28-25/h9-14,16,18-19,24H,8,15H2,1-7H3/t16?,18-,19+,24-/m1/s1. The first-order chi connectivity index (χ1) is 16.1. The van der Waals surface area contributed by atoms with Crippen molar-refractivity contribution in [2.75, 3.05) is 7.11 Å². The van der Waals surface area contributed by atoms with Gasteiger partial charge in [0.15, 0.2) is 17.2 Å². The zero-order valence-electron chi connectivity index (χ0n) is 21.1. The Morgan fingerprint density at radius 1 is 1.06 bits per heavy atom. The van der Waals surface area contributed by atoms with Gasteiger partial charge in [-0.2, -0.15) is 0 Å². The Kier molecular flexibility index (Phi) is 9.78. The molecule has 1 aromatic carbocycles. The lowest BCUT2D eigenvalue weighted by molar-refractivity contribution is -0.154. The minimum atomic E-state index is -0.706. The van der Waals surface area contributed by atoms with Crippen molar-refractivity contribution in [3.8, 4) is 11.5 Å². The minimum absolute atomic E-state index is 0.0358. The van der Waals surface area contributed by atoms with E-state index in [9.17, 15) is 14.4 Å². The Balaban J connectivity index is 2.17. The predicted octanol–water partition coefficient (Wildman–Crippen LogP) is 5.29. The van der Waals surface area contributed by atoms with Crippen LogP contribution in [0.2, 0.25) is 0 Å². The predicted molar refractivity (Wildman–Crippen MR) is 129 cm³/mol. The third-order valence-electron chi connectivity index (χ3n) is 6.10. The van der Waals surface area contributed by atoms with Crippen molar-refractivity contribution in [1.82, 2.24) is 4.98 Å². The summed E-state index contributed by atoms with van der Waals surface area (Å²) in [6, 6.07) is 9.62. The molecule has 1 heterocycles. The highest BCUT2D eigenvalue weighted by Crippen LogP contribution is 2.35. The van der Waals surface area contributed by atoms with E-state index in [-0.39, 0.29) is 35.6 Å². The van der Waals surface area contributed by atoms with E-state index in [4.69, 9.17) is 14.2 Å². The summed E-state index contributed by atoms with van der Waals surface area (Å²) in [6.45, 7) is 11.1. The maximum Gasteiger partial charge on any atom is 0.309 e. The highest BCUT2D eigenvalue weighted by atomic mass is 16.6. The van der Waals surface area contributed by atoms with Gasteiger partial charge in [0.2, 0.25) is 5.75 Å². The molecular formula is C27H35NO6. The van der Waals surface area contributed by atoms with Crippen LogP contribution >= 0.6 is 0 Å². The molecule has 0 amide bonds. The lowest BCUT2D eigenvalue weighted by atomic mass is 9.80. The number of nitrogens with zero attached hydrogens (tertiary/aromatic N) is 1. The van der Waals surface area contributed by atoms with Crippen LogP contribution in [0.3, 0.4) is 0 Å². The van der Waals surface area contributed by atoms with Gasteiger partial charge in [0.25, 0.3) is 0 Å². The number of methoxy groups -OCH3 is 1. The van der Waals surface area contributed by atoms with Gasteiger partial charge in [-0.15, -0.1) is 0 Å². The molecule has 0 aliphatic rings. The number of benzene rings is 1. The van der Waals surface area contributed by atoms with Crippen molar-refractivity contribution >= 4 is 17.7 Å². The molecule has 0 saturated carbocycles. The molecule has 1 aromatic heterocycles. The number of ketones is 1. The number of carbonyl (C=O) groups is 3. The Bertz CT molecular complexity index is 1020. The fourth-order valence-electron chi connectivity index (χ4n) is 4.10. The normalized spacial score (nSPS) is 14.4. The largest absolute Gasteiger partial charge is 0.493 e. The number of hydrogen-bond donors (Lipinski definition) is 0. The third-order valence-corrected chi connectivity index (χ3v) is 6.10. The Hall–Kier alpha value is -3.22. The van der Waals surface area contributed by atoms with Gasteiger partial charge in [0, 0.05) is 31.5 Å². The van der Waals surface area contributed by atoms with Crippen molar-refractivity contribution in [2.45, 2.75) is 66.4 Å². The number of carbonyl (C=O) groups excluding carboxylic acids is 3. The van der Waals surface area contributed by atoms with E-state index < -0.39 is 23.6 Å². The summed E-state index contributed by atoms with van der Waals surface area (Å²) in [5, 5.41) is 0. The highest BCUT2D eigenvalue weighted by molar-refractivity contribution is 5.99.